The van der Waals surface area contributed by atoms with Crippen LogP contribution in [-0.4, -0.2) is 43.4 Å². The SMILES string of the molecule is COc1cc(Br)c(/C=C2\SC(=O)N(CCOc3cc(C)ccc3C(C)C)C2=O)cc1OC. The Labute approximate surface area is 201 Å². The van der Waals surface area contributed by atoms with E-state index >= 15 is 0 Å². The van der Waals surface area contributed by atoms with Crippen LogP contribution in [0.4, 0.5) is 4.79 Å². The van der Waals surface area contributed by atoms with E-state index in [0.29, 0.717) is 27.9 Å². The molecule has 0 atom stereocenters. The van der Waals surface area contributed by atoms with Crippen molar-refractivity contribution in [2.24, 2.45) is 0 Å². The Morgan fingerprint density at radius 2 is 1.75 bits per heavy atom. The molecule has 0 aromatic heterocycles. The number of amides is 2. The van der Waals surface area contributed by atoms with Crippen molar-refractivity contribution >= 4 is 44.9 Å². The van der Waals surface area contributed by atoms with Crippen molar-refractivity contribution in [3.8, 4) is 17.2 Å². The summed E-state index contributed by atoms with van der Waals surface area (Å²) in [6, 6.07) is 9.61. The van der Waals surface area contributed by atoms with Gasteiger partial charge in [-0.3, -0.25) is 14.5 Å². The largest absolute Gasteiger partial charge is 0.493 e. The number of hydrogen-bond acceptors (Lipinski definition) is 6. The highest BCUT2D eigenvalue weighted by molar-refractivity contribution is 9.10. The Hall–Kier alpha value is -2.45. The van der Waals surface area contributed by atoms with E-state index in [1.54, 1.807) is 32.4 Å². The first-order chi connectivity index (χ1) is 15.2. The second kappa shape index (κ2) is 10.4. The monoisotopic (exact) mass is 519 g/mol. The van der Waals surface area contributed by atoms with Gasteiger partial charge in [0, 0.05) is 4.47 Å². The van der Waals surface area contributed by atoms with Crippen LogP contribution in [0.5, 0.6) is 17.2 Å². The molecule has 0 N–H and O–H groups in total. The van der Waals surface area contributed by atoms with Crippen LogP contribution >= 0.6 is 27.7 Å². The molecule has 0 bridgehead atoms. The number of rotatable bonds is 8. The summed E-state index contributed by atoms with van der Waals surface area (Å²) in [5.74, 6) is 1.87. The maximum absolute atomic E-state index is 12.9. The number of halogens is 1. The maximum Gasteiger partial charge on any atom is 0.293 e. The van der Waals surface area contributed by atoms with Crippen molar-refractivity contribution in [2.75, 3.05) is 27.4 Å². The van der Waals surface area contributed by atoms with E-state index in [1.165, 1.54) is 4.90 Å². The molecule has 1 aliphatic heterocycles. The molecular weight excluding hydrogens is 494 g/mol. The van der Waals surface area contributed by atoms with Crippen LogP contribution < -0.4 is 14.2 Å². The molecule has 0 radical (unpaired) electrons. The molecule has 32 heavy (non-hydrogen) atoms. The van der Waals surface area contributed by atoms with Gasteiger partial charge in [-0.25, -0.2) is 0 Å². The molecule has 1 fully saturated rings. The third-order valence-corrected chi connectivity index (χ3v) is 6.62. The topological polar surface area (TPSA) is 65.1 Å². The minimum atomic E-state index is -0.335. The number of benzene rings is 2. The minimum Gasteiger partial charge on any atom is -0.493 e. The van der Waals surface area contributed by atoms with E-state index in [1.807, 2.05) is 13.0 Å². The number of thioether (sulfide) groups is 1. The lowest BCUT2D eigenvalue weighted by molar-refractivity contribution is -0.123. The van der Waals surface area contributed by atoms with Gasteiger partial charge in [-0.05, 0) is 65.6 Å². The Morgan fingerprint density at radius 3 is 2.41 bits per heavy atom. The van der Waals surface area contributed by atoms with Crippen LogP contribution in [0.3, 0.4) is 0 Å². The third-order valence-electron chi connectivity index (χ3n) is 5.03. The number of nitrogens with zero attached hydrogens (tertiary/aromatic N) is 1. The second-order valence-electron chi connectivity index (χ2n) is 7.61. The zero-order valence-corrected chi connectivity index (χ0v) is 21.1. The first kappa shape index (κ1) is 24.2. The molecule has 0 saturated carbocycles. The summed E-state index contributed by atoms with van der Waals surface area (Å²) in [7, 11) is 3.10. The first-order valence-electron chi connectivity index (χ1n) is 10.1. The summed E-state index contributed by atoms with van der Waals surface area (Å²) >= 11 is 4.40. The van der Waals surface area contributed by atoms with Crippen molar-refractivity contribution in [3.05, 3.63) is 56.4 Å². The van der Waals surface area contributed by atoms with Gasteiger partial charge in [0.1, 0.15) is 12.4 Å². The standard InChI is InChI=1S/C24H26BrNO5S/c1-14(2)17-7-6-15(3)10-19(17)31-9-8-26-23(27)22(32-24(26)28)12-16-11-20(29-4)21(30-5)13-18(16)25/h6-7,10-14H,8-9H2,1-5H3/b22-12-. The summed E-state index contributed by atoms with van der Waals surface area (Å²) in [4.78, 5) is 26.9. The molecule has 8 heteroatoms. The van der Waals surface area contributed by atoms with Crippen molar-refractivity contribution in [1.82, 2.24) is 4.90 Å². The lowest BCUT2D eigenvalue weighted by Crippen LogP contribution is -2.32. The Balaban J connectivity index is 1.73. The van der Waals surface area contributed by atoms with Gasteiger partial charge in [0.05, 0.1) is 25.7 Å². The van der Waals surface area contributed by atoms with E-state index in [-0.39, 0.29) is 24.3 Å². The molecule has 0 spiro atoms. The van der Waals surface area contributed by atoms with Gasteiger partial charge in [-0.2, -0.15) is 0 Å². The van der Waals surface area contributed by atoms with Gasteiger partial charge < -0.3 is 14.2 Å². The van der Waals surface area contributed by atoms with Crippen molar-refractivity contribution in [2.45, 2.75) is 26.7 Å². The van der Waals surface area contributed by atoms with Gasteiger partial charge in [0.25, 0.3) is 11.1 Å². The van der Waals surface area contributed by atoms with Crippen molar-refractivity contribution < 1.29 is 23.8 Å². The molecule has 2 aromatic rings. The first-order valence-corrected chi connectivity index (χ1v) is 11.8. The fraction of sp³-hybridized carbons (Fsp3) is 0.333. The predicted molar refractivity (Wildman–Crippen MR) is 131 cm³/mol. The molecule has 1 aliphatic rings. The summed E-state index contributed by atoms with van der Waals surface area (Å²) in [6.45, 7) is 6.62. The number of aryl methyl sites for hydroxylation is 1. The number of hydrogen-bond donors (Lipinski definition) is 0. The molecule has 170 valence electrons. The predicted octanol–water partition coefficient (Wildman–Crippen LogP) is 6.01. The lowest BCUT2D eigenvalue weighted by atomic mass is 10.0. The molecule has 1 saturated heterocycles. The normalized spacial score (nSPS) is 15.1. The molecule has 0 aliphatic carbocycles. The number of ether oxygens (including phenoxy) is 3. The van der Waals surface area contributed by atoms with Gasteiger partial charge in [-0.15, -0.1) is 0 Å². The Kier molecular flexibility index (Phi) is 7.90. The van der Waals surface area contributed by atoms with Gasteiger partial charge in [0.2, 0.25) is 0 Å². The average Bonchev–Trinajstić information content (AvgIpc) is 3.02. The van der Waals surface area contributed by atoms with Crippen LogP contribution in [0.15, 0.2) is 39.7 Å². The smallest absolute Gasteiger partial charge is 0.293 e. The van der Waals surface area contributed by atoms with E-state index in [0.717, 1.165) is 33.1 Å². The van der Waals surface area contributed by atoms with E-state index < -0.39 is 0 Å². The van der Waals surface area contributed by atoms with Crippen LogP contribution in [-0.2, 0) is 4.79 Å². The highest BCUT2D eigenvalue weighted by Crippen LogP contribution is 2.38. The maximum atomic E-state index is 12.9. The van der Waals surface area contributed by atoms with Crippen LogP contribution in [0.25, 0.3) is 6.08 Å². The molecule has 6 nitrogen and oxygen atoms in total. The Morgan fingerprint density at radius 1 is 1.06 bits per heavy atom. The molecule has 2 amide bonds. The van der Waals surface area contributed by atoms with Crippen molar-refractivity contribution in [1.29, 1.82) is 0 Å². The second-order valence-corrected chi connectivity index (χ2v) is 9.45. The van der Waals surface area contributed by atoms with E-state index in [9.17, 15) is 9.59 Å². The fourth-order valence-corrected chi connectivity index (χ4v) is 4.60. The zero-order chi connectivity index (χ0) is 23.4. The summed E-state index contributed by atoms with van der Waals surface area (Å²) < 4.78 is 17.3. The van der Waals surface area contributed by atoms with Crippen LogP contribution in [0.1, 0.15) is 36.5 Å². The van der Waals surface area contributed by atoms with Crippen LogP contribution in [0.2, 0.25) is 0 Å². The highest BCUT2D eigenvalue weighted by atomic mass is 79.9. The molecule has 3 rings (SSSR count). The Bertz CT molecular complexity index is 1070. The fourth-order valence-electron chi connectivity index (χ4n) is 3.30. The summed E-state index contributed by atoms with van der Waals surface area (Å²) in [5.41, 5.74) is 2.91. The van der Waals surface area contributed by atoms with Gasteiger partial charge >= 0.3 is 0 Å². The molecule has 2 aromatic carbocycles. The summed E-state index contributed by atoms with van der Waals surface area (Å²) in [6.07, 6.45) is 1.68. The minimum absolute atomic E-state index is 0.181. The number of carbonyl (C=O) groups is 2. The molecule has 0 unspecified atom stereocenters. The molecule has 1 heterocycles. The quantitative estimate of drug-likeness (QED) is 0.397. The third kappa shape index (κ3) is 5.30. The molecular formula is C24H26BrNO5S. The number of methoxy groups -OCH3 is 2. The zero-order valence-electron chi connectivity index (χ0n) is 18.7. The summed E-state index contributed by atoms with van der Waals surface area (Å²) in [5, 5.41) is -0.310. The highest BCUT2D eigenvalue weighted by Gasteiger charge is 2.35. The number of imide groups is 1. The average molecular weight is 520 g/mol. The van der Waals surface area contributed by atoms with Crippen molar-refractivity contribution in [3.63, 3.8) is 0 Å². The van der Waals surface area contributed by atoms with E-state index in [2.05, 4.69) is 41.9 Å². The van der Waals surface area contributed by atoms with Gasteiger partial charge in [0.15, 0.2) is 11.5 Å². The van der Waals surface area contributed by atoms with E-state index in [4.69, 9.17) is 14.2 Å². The van der Waals surface area contributed by atoms with Gasteiger partial charge in [-0.1, -0.05) is 41.9 Å². The van der Waals surface area contributed by atoms with Crippen LogP contribution in [0, 0.1) is 6.92 Å². The number of carbonyl (C=O) groups excluding carboxylic acids is 2. The lowest BCUT2D eigenvalue weighted by Gasteiger charge is -2.17.